The Kier molecular flexibility index (Phi) is 6.73. The van der Waals surface area contributed by atoms with Crippen LogP contribution in [0.2, 0.25) is 0 Å². The molecule has 4 heteroatoms. The topological polar surface area (TPSA) is 41.1 Å². The van der Waals surface area contributed by atoms with E-state index in [0.717, 1.165) is 59.2 Å². The summed E-state index contributed by atoms with van der Waals surface area (Å²) in [7, 11) is 0. The number of amides is 1. The number of anilines is 1. The van der Waals surface area contributed by atoms with Crippen molar-refractivity contribution in [3.05, 3.63) is 58.9 Å². The Labute approximate surface area is 173 Å². The molecule has 3 rings (SSSR count). The number of benzene rings is 2. The van der Waals surface area contributed by atoms with Gasteiger partial charge in [-0.25, -0.2) is 4.39 Å². The van der Waals surface area contributed by atoms with Crippen LogP contribution in [0.4, 0.5) is 10.1 Å². The summed E-state index contributed by atoms with van der Waals surface area (Å²) >= 11 is 0. The van der Waals surface area contributed by atoms with Crippen LogP contribution in [-0.2, 0) is 4.79 Å². The van der Waals surface area contributed by atoms with Crippen LogP contribution in [0.15, 0.2) is 42.2 Å². The number of nitrogens with one attached hydrogen (secondary N) is 2. The third kappa shape index (κ3) is 5.47. The second kappa shape index (κ2) is 9.25. The molecule has 1 aliphatic rings. The monoisotopic (exact) mass is 394 g/mol. The van der Waals surface area contributed by atoms with E-state index in [-0.39, 0.29) is 6.04 Å². The lowest BCUT2D eigenvalue weighted by atomic mass is 9.94. The number of halogens is 1. The van der Waals surface area contributed by atoms with Gasteiger partial charge >= 0.3 is 0 Å². The van der Waals surface area contributed by atoms with Crippen molar-refractivity contribution < 1.29 is 9.18 Å². The van der Waals surface area contributed by atoms with Crippen LogP contribution in [0.5, 0.6) is 0 Å². The largest absolute Gasteiger partial charge is 0.383 e. The van der Waals surface area contributed by atoms with Gasteiger partial charge < -0.3 is 10.6 Å². The molecule has 1 fully saturated rings. The van der Waals surface area contributed by atoms with Gasteiger partial charge in [0.1, 0.15) is 0 Å². The van der Waals surface area contributed by atoms with E-state index in [0.29, 0.717) is 6.04 Å². The molecule has 0 bridgehead atoms. The number of hydrogen-bond acceptors (Lipinski definition) is 2. The molecule has 1 amide bonds. The van der Waals surface area contributed by atoms with Crippen molar-refractivity contribution in [2.24, 2.45) is 0 Å². The third-order valence-corrected chi connectivity index (χ3v) is 5.45. The number of aryl methyl sites for hydroxylation is 2. The summed E-state index contributed by atoms with van der Waals surface area (Å²) < 4.78 is 14.5. The molecule has 0 aromatic heterocycles. The Morgan fingerprint density at radius 2 is 1.72 bits per heavy atom. The highest BCUT2D eigenvalue weighted by Gasteiger charge is 2.19. The minimum absolute atomic E-state index is 0.111. The summed E-state index contributed by atoms with van der Waals surface area (Å²) in [5, 5.41) is 6.19. The van der Waals surface area contributed by atoms with Crippen molar-refractivity contribution in [3.63, 3.8) is 0 Å². The van der Waals surface area contributed by atoms with E-state index in [1.807, 2.05) is 19.9 Å². The first-order valence-corrected chi connectivity index (χ1v) is 10.5. The SMILES string of the molecule is Cc1cc(-c2ccc(NC(C)C)cc2)c(C)cc1/C=C(\F)C(=O)NC1CCCC1. The molecule has 0 saturated heterocycles. The zero-order valence-corrected chi connectivity index (χ0v) is 17.8. The van der Waals surface area contributed by atoms with Crippen LogP contribution in [0, 0.1) is 13.8 Å². The maximum Gasteiger partial charge on any atom is 0.280 e. The van der Waals surface area contributed by atoms with Crippen molar-refractivity contribution in [2.75, 3.05) is 5.32 Å². The fourth-order valence-electron chi connectivity index (χ4n) is 3.91. The van der Waals surface area contributed by atoms with Gasteiger partial charge in [-0.05, 0) is 86.6 Å². The third-order valence-electron chi connectivity index (χ3n) is 5.45. The normalized spacial score (nSPS) is 15.0. The van der Waals surface area contributed by atoms with Crippen LogP contribution >= 0.6 is 0 Å². The first kappa shape index (κ1) is 21.1. The molecule has 1 saturated carbocycles. The number of hydrogen-bond donors (Lipinski definition) is 2. The quantitative estimate of drug-likeness (QED) is 0.576. The van der Waals surface area contributed by atoms with Gasteiger partial charge in [-0.2, -0.15) is 0 Å². The predicted octanol–water partition coefficient (Wildman–Crippen LogP) is 6.16. The minimum Gasteiger partial charge on any atom is -0.383 e. The van der Waals surface area contributed by atoms with E-state index in [2.05, 4.69) is 54.8 Å². The summed E-state index contributed by atoms with van der Waals surface area (Å²) in [6, 6.07) is 12.9. The van der Waals surface area contributed by atoms with Crippen molar-refractivity contribution in [3.8, 4) is 11.1 Å². The van der Waals surface area contributed by atoms with E-state index in [1.54, 1.807) is 0 Å². The number of carbonyl (C=O) groups is 1. The van der Waals surface area contributed by atoms with E-state index in [1.165, 1.54) is 6.08 Å². The molecule has 0 heterocycles. The first-order valence-electron chi connectivity index (χ1n) is 10.5. The smallest absolute Gasteiger partial charge is 0.280 e. The molecule has 2 N–H and O–H groups in total. The maximum atomic E-state index is 14.5. The van der Waals surface area contributed by atoms with Gasteiger partial charge in [0.15, 0.2) is 5.83 Å². The molecule has 0 radical (unpaired) electrons. The fourth-order valence-corrected chi connectivity index (χ4v) is 3.91. The lowest BCUT2D eigenvalue weighted by Gasteiger charge is -2.14. The van der Waals surface area contributed by atoms with Gasteiger partial charge in [0.25, 0.3) is 5.91 Å². The molecule has 3 nitrogen and oxygen atoms in total. The van der Waals surface area contributed by atoms with Crippen LogP contribution < -0.4 is 10.6 Å². The van der Waals surface area contributed by atoms with Crippen molar-refractivity contribution in [1.29, 1.82) is 0 Å². The Bertz CT molecular complexity index is 894. The lowest BCUT2D eigenvalue weighted by Crippen LogP contribution is -2.32. The molecule has 29 heavy (non-hydrogen) atoms. The molecule has 1 aliphatic carbocycles. The second-order valence-corrected chi connectivity index (χ2v) is 8.35. The molecule has 2 aromatic carbocycles. The van der Waals surface area contributed by atoms with Crippen molar-refractivity contribution >= 4 is 17.7 Å². The maximum absolute atomic E-state index is 14.5. The van der Waals surface area contributed by atoms with Crippen molar-refractivity contribution in [1.82, 2.24) is 5.32 Å². The Morgan fingerprint density at radius 3 is 2.34 bits per heavy atom. The second-order valence-electron chi connectivity index (χ2n) is 8.35. The number of rotatable bonds is 6. The van der Waals surface area contributed by atoms with Crippen LogP contribution in [0.25, 0.3) is 17.2 Å². The molecule has 154 valence electrons. The van der Waals surface area contributed by atoms with Crippen LogP contribution in [0.3, 0.4) is 0 Å². The Balaban J connectivity index is 1.78. The van der Waals surface area contributed by atoms with Gasteiger partial charge in [-0.1, -0.05) is 37.1 Å². The predicted molar refractivity (Wildman–Crippen MR) is 120 cm³/mol. The highest BCUT2D eigenvalue weighted by atomic mass is 19.1. The highest BCUT2D eigenvalue weighted by molar-refractivity contribution is 5.96. The van der Waals surface area contributed by atoms with Gasteiger partial charge in [-0.15, -0.1) is 0 Å². The van der Waals surface area contributed by atoms with E-state index in [9.17, 15) is 9.18 Å². The summed E-state index contributed by atoms with van der Waals surface area (Å²) in [6.07, 6.45) is 5.44. The zero-order valence-electron chi connectivity index (χ0n) is 17.8. The van der Waals surface area contributed by atoms with Gasteiger partial charge in [0.05, 0.1) is 0 Å². The van der Waals surface area contributed by atoms with Crippen molar-refractivity contribution in [2.45, 2.75) is 65.5 Å². The highest BCUT2D eigenvalue weighted by Crippen LogP contribution is 2.29. The Morgan fingerprint density at radius 1 is 1.07 bits per heavy atom. The summed E-state index contributed by atoms with van der Waals surface area (Å²) in [4.78, 5) is 12.1. The molecular formula is C25H31FN2O. The molecule has 0 spiro atoms. The summed E-state index contributed by atoms with van der Waals surface area (Å²) in [5.74, 6) is -1.33. The van der Waals surface area contributed by atoms with E-state index >= 15 is 0 Å². The molecular weight excluding hydrogens is 363 g/mol. The molecule has 2 aromatic rings. The van der Waals surface area contributed by atoms with Gasteiger partial charge in [-0.3, -0.25) is 4.79 Å². The lowest BCUT2D eigenvalue weighted by molar-refractivity contribution is -0.119. The molecule has 0 unspecified atom stereocenters. The fraction of sp³-hybridized carbons (Fsp3) is 0.400. The Hall–Kier alpha value is -2.62. The average molecular weight is 395 g/mol. The van der Waals surface area contributed by atoms with E-state index in [4.69, 9.17) is 0 Å². The summed E-state index contributed by atoms with van der Waals surface area (Å²) in [6.45, 7) is 8.19. The van der Waals surface area contributed by atoms with E-state index < -0.39 is 11.7 Å². The molecule has 0 atom stereocenters. The standard InChI is InChI=1S/C25H31FN2O/c1-16(2)27-22-11-9-19(10-12-22)23-14-17(3)20(13-18(23)4)15-24(26)25(29)28-21-7-5-6-8-21/h9-16,21,27H,5-8H2,1-4H3,(H,28,29)/b24-15-. The minimum atomic E-state index is -0.726. The first-order chi connectivity index (χ1) is 13.8. The van der Waals surface area contributed by atoms with Crippen LogP contribution in [0.1, 0.15) is 56.2 Å². The van der Waals surface area contributed by atoms with Gasteiger partial charge in [0.2, 0.25) is 0 Å². The average Bonchev–Trinajstić information content (AvgIpc) is 3.17. The molecule has 0 aliphatic heterocycles. The summed E-state index contributed by atoms with van der Waals surface area (Å²) in [5.41, 5.74) is 6.06. The number of carbonyl (C=O) groups excluding carboxylic acids is 1. The zero-order chi connectivity index (χ0) is 21.0. The van der Waals surface area contributed by atoms with Gasteiger partial charge in [0, 0.05) is 17.8 Å². The van der Waals surface area contributed by atoms with Crippen LogP contribution in [-0.4, -0.2) is 18.0 Å².